The molecule has 8 heteroatoms. The standard InChI is InChI=1S/C14H15N3O4S/c1-10-8-11(2)16-13(15-10)9-21-14(18)17-22(19,20)12-6-4-3-5-7-12/h3-8H,9H2,1-2H3,(H,17,18). The van der Waals surface area contributed by atoms with E-state index in [0.717, 1.165) is 11.4 Å². The third-order valence-electron chi connectivity index (χ3n) is 2.63. The van der Waals surface area contributed by atoms with Gasteiger partial charge < -0.3 is 4.74 Å². The van der Waals surface area contributed by atoms with Crippen molar-refractivity contribution in [3.05, 3.63) is 53.6 Å². The van der Waals surface area contributed by atoms with Crippen LogP contribution in [0, 0.1) is 13.8 Å². The molecule has 0 aliphatic carbocycles. The van der Waals surface area contributed by atoms with Crippen molar-refractivity contribution in [2.24, 2.45) is 0 Å². The van der Waals surface area contributed by atoms with Gasteiger partial charge in [0.25, 0.3) is 10.0 Å². The van der Waals surface area contributed by atoms with Crippen LogP contribution in [0.5, 0.6) is 0 Å². The summed E-state index contributed by atoms with van der Waals surface area (Å²) in [4.78, 5) is 19.8. The molecule has 22 heavy (non-hydrogen) atoms. The number of benzene rings is 1. The fourth-order valence-electron chi connectivity index (χ4n) is 1.79. The van der Waals surface area contributed by atoms with Crippen LogP contribution in [0.25, 0.3) is 0 Å². The summed E-state index contributed by atoms with van der Waals surface area (Å²) in [5, 5.41) is 0. The minimum atomic E-state index is -3.95. The first kappa shape index (κ1) is 15.9. The predicted molar refractivity (Wildman–Crippen MR) is 78.5 cm³/mol. The van der Waals surface area contributed by atoms with Crippen molar-refractivity contribution in [1.29, 1.82) is 0 Å². The second-order valence-corrected chi connectivity index (χ2v) is 6.24. The Hall–Kier alpha value is -2.48. The molecule has 0 unspecified atom stereocenters. The number of hydrogen-bond donors (Lipinski definition) is 1. The molecule has 0 aliphatic heterocycles. The molecule has 0 aliphatic rings. The highest BCUT2D eigenvalue weighted by Crippen LogP contribution is 2.07. The van der Waals surface area contributed by atoms with Crippen LogP contribution in [-0.4, -0.2) is 24.5 Å². The maximum Gasteiger partial charge on any atom is 0.421 e. The van der Waals surface area contributed by atoms with E-state index in [1.165, 1.54) is 12.1 Å². The normalized spacial score (nSPS) is 11.0. The second kappa shape index (κ2) is 6.52. The number of rotatable bonds is 4. The number of aryl methyl sites for hydroxylation is 2. The molecule has 1 aromatic carbocycles. The van der Waals surface area contributed by atoms with E-state index < -0.39 is 16.1 Å². The van der Waals surface area contributed by atoms with Crippen molar-refractivity contribution in [2.75, 3.05) is 0 Å². The Morgan fingerprint density at radius 1 is 1.14 bits per heavy atom. The van der Waals surface area contributed by atoms with E-state index in [1.807, 2.05) is 4.72 Å². The lowest BCUT2D eigenvalue weighted by atomic mass is 10.3. The Labute approximate surface area is 128 Å². The van der Waals surface area contributed by atoms with Gasteiger partial charge in [0.15, 0.2) is 12.4 Å². The van der Waals surface area contributed by atoms with E-state index in [1.54, 1.807) is 38.1 Å². The fraction of sp³-hybridized carbons (Fsp3) is 0.214. The van der Waals surface area contributed by atoms with Gasteiger partial charge in [-0.1, -0.05) is 18.2 Å². The highest BCUT2D eigenvalue weighted by atomic mass is 32.2. The number of sulfonamides is 1. The number of nitrogens with zero attached hydrogens (tertiary/aromatic N) is 2. The van der Waals surface area contributed by atoms with Gasteiger partial charge >= 0.3 is 6.09 Å². The Kier molecular flexibility index (Phi) is 4.71. The lowest BCUT2D eigenvalue weighted by Gasteiger charge is -2.08. The molecule has 0 bridgehead atoms. The molecule has 2 aromatic rings. The fourth-order valence-corrected chi connectivity index (χ4v) is 2.70. The summed E-state index contributed by atoms with van der Waals surface area (Å²) in [6.07, 6.45) is -1.08. The van der Waals surface area contributed by atoms with Gasteiger partial charge in [-0.05, 0) is 32.0 Å². The van der Waals surface area contributed by atoms with Gasteiger partial charge in [-0.15, -0.1) is 0 Å². The van der Waals surface area contributed by atoms with Gasteiger partial charge in [0, 0.05) is 11.4 Å². The minimum Gasteiger partial charge on any atom is -0.441 e. The maximum atomic E-state index is 11.9. The quantitative estimate of drug-likeness (QED) is 0.920. The third-order valence-corrected chi connectivity index (χ3v) is 3.96. The molecule has 116 valence electrons. The van der Waals surface area contributed by atoms with Crippen LogP contribution in [0.2, 0.25) is 0 Å². The molecule has 7 nitrogen and oxygen atoms in total. The van der Waals surface area contributed by atoms with Crippen LogP contribution in [0.4, 0.5) is 4.79 Å². The molecule has 0 radical (unpaired) electrons. The van der Waals surface area contributed by atoms with Crippen LogP contribution in [0.3, 0.4) is 0 Å². The minimum absolute atomic E-state index is 0.0189. The highest BCUT2D eigenvalue weighted by Gasteiger charge is 2.18. The molecular formula is C14H15N3O4S. The highest BCUT2D eigenvalue weighted by molar-refractivity contribution is 7.90. The summed E-state index contributed by atoms with van der Waals surface area (Å²) in [6.45, 7) is 3.37. The summed E-state index contributed by atoms with van der Waals surface area (Å²) in [6, 6.07) is 9.33. The zero-order chi connectivity index (χ0) is 16.2. The first-order chi connectivity index (χ1) is 10.4. The lowest BCUT2D eigenvalue weighted by molar-refractivity contribution is 0.143. The van der Waals surface area contributed by atoms with Crippen LogP contribution < -0.4 is 4.72 Å². The van der Waals surface area contributed by atoms with Gasteiger partial charge in [-0.2, -0.15) is 0 Å². The zero-order valence-electron chi connectivity index (χ0n) is 12.1. The lowest BCUT2D eigenvalue weighted by Crippen LogP contribution is -2.31. The summed E-state index contributed by atoms with van der Waals surface area (Å²) in [5.74, 6) is 0.310. The first-order valence-corrected chi connectivity index (χ1v) is 7.91. The Bertz CT molecular complexity index is 756. The van der Waals surface area contributed by atoms with Crippen molar-refractivity contribution in [3.63, 3.8) is 0 Å². The zero-order valence-corrected chi connectivity index (χ0v) is 12.9. The molecule has 1 N–H and O–H groups in total. The van der Waals surface area contributed by atoms with Crippen LogP contribution >= 0.6 is 0 Å². The molecule has 1 amide bonds. The summed E-state index contributed by atoms with van der Waals surface area (Å²) >= 11 is 0. The molecule has 0 saturated heterocycles. The van der Waals surface area contributed by atoms with E-state index in [0.29, 0.717) is 5.82 Å². The van der Waals surface area contributed by atoms with Gasteiger partial charge in [0.05, 0.1) is 4.90 Å². The van der Waals surface area contributed by atoms with Gasteiger partial charge in [-0.25, -0.2) is 27.9 Å². The van der Waals surface area contributed by atoms with Crippen molar-refractivity contribution in [3.8, 4) is 0 Å². The number of ether oxygens (including phenoxy) is 1. The van der Waals surface area contributed by atoms with Gasteiger partial charge in [0.1, 0.15) is 0 Å². The summed E-state index contributed by atoms with van der Waals surface area (Å²) < 4.78 is 30.5. The first-order valence-electron chi connectivity index (χ1n) is 6.42. The molecule has 0 spiro atoms. The monoisotopic (exact) mass is 321 g/mol. The smallest absolute Gasteiger partial charge is 0.421 e. The SMILES string of the molecule is Cc1cc(C)nc(COC(=O)NS(=O)(=O)c2ccccc2)n1. The van der Waals surface area contributed by atoms with E-state index >= 15 is 0 Å². The van der Waals surface area contributed by atoms with E-state index in [2.05, 4.69) is 9.97 Å². The molecule has 1 heterocycles. The average Bonchev–Trinajstić information content (AvgIpc) is 2.45. The van der Waals surface area contributed by atoms with Crippen molar-refractivity contribution in [1.82, 2.24) is 14.7 Å². The van der Waals surface area contributed by atoms with Crippen molar-refractivity contribution < 1.29 is 17.9 Å². The molecule has 1 aromatic heterocycles. The number of carbonyl (C=O) groups is 1. The Balaban J connectivity index is 1.99. The molecule has 0 fully saturated rings. The van der Waals surface area contributed by atoms with Crippen LogP contribution in [-0.2, 0) is 21.4 Å². The molecular weight excluding hydrogens is 306 g/mol. The Morgan fingerprint density at radius 3 is 2.32 bits per heavy atom. The predicted octanol–water partition coefficient (Wildman–Crippen LogP) is 1.71. The van der Waals surface area contributed by atoms with Crippen LogP contribution in [0.1, 0.15) is 17.2 Å². The van der Waals surface area contributed by atoms with E-state index in [4.69, 9.17) is 4.74 Å². The Morgan fingerprint density at radius 2 is 1.73 bits per heavy atom. The average molecular weight is 321 g/mol. The number of amides is 1. The number of carbonyl (C=O) groups excluding carboxylic acids is 1. The second-order valence-electron chi connectivity index (χ2n) is 4.56. The maximum absolute atomic E-state index is 11.9. The number of nitrogens with one attached hydrogen (secondary N) is 1. The molecule has 0 saturated carbocycles. The number of aromatic nitrogens is 2. The molecule has 2 rings (SSSR count). The van der Waals surface area contributed by atoms with Crippen molar-refractivity contribution >= 4 is 16.1 Å². The van der Waals surface area contributed by atoms with Gasteiger partial charge in [0.2, 0.25) is 0 Å². The molecule has 0 atom stereocenters. The summed E-state index contributed by atoms with van der Waals surface area (Å²) in [5.41, 5.74) is 1.48. The van der Waals surface area contributed by atoms with Gasteiger partial charge in [-0.3, -0.25) is 0 Å². The van der Waals surface area contributed by atoms with Crippen molar-refractivity contribution in [2.45, 2.75) is 25.3 Å². The topological polar surface area (TPSA) is 98.2 Å². The largest absolute Gasteiger partial charge is 0.441 e. The van der Waals surface area contributed by atoms with E-state index in [-0.39, 0.29) is 11.5 Å². The van der Waals surface area contributed by atoms with Crippen LogP contribution in [0.15, 0.2) is 41.3 Å². The third kappa shape index (κ3) is 4.26. The van der Waals surface area contributed by atoms with E-state index in [9.17, 15) is 13.2 Å². The number of hydrogen-bond acceptors (Lipinski definition) is 6. The summed E-state index contributed by atoms with van der Waals surface area (Å²) in [7, 11) is -3.95.